The number of nitrogens with zero attached hydrogens (tertiary/aromatic N) is 3. The van der Waals surface area contributed by atoms with Gasteiger partial charge in [0.15, 0.2) is 0 Å². The molecular formula is C11H17N4O4. The van der Waals surface area contributed by atoms with Gasteiger partial charge in [0.25, 0.3) is 0 Å². The van der Waals surface area contributed by atoms with Gasteiger partial charge in [-0.2, -0.15) is 5.10 Å². The molecule has 1 aromatic rings. The Kier molecular flexibility index (Phi) is 4.47. The Balaban J connectivity index is 2.62. The molecule has 0 spiro atoms. The second-order valence-corrected chi connectivity index (χ2v) is 5.01. The van der Waals surface area contributed by atoms with Crippen molar-refractivity contribution in [1.29, 1.82) is 0 Å². The Morgan fingerprint density at radius 2 is 2.11 bits per heavy atom. The first-order valence-corrected chi connectivity index (χ1v) is 5.72. The summed E-state index contributed by atoms with van der Waals surface area (Å²) in [6.45, 7) is 5.61. The fraction of sp³-hybridized carbons (Fsp3) is 0.636. The van der Waals surface area contributed by atoms with Crippen LogP contribution in [0.25, 0.3) is 0 Å². The standard InChI is InChI=1S/C11H17N4O4/c1-11(2,3)19-10(18)14(4)5-6-15-7-12-13-8(16)9(15)17/h5-6H2,1-4H3,(H,13,16). The van der Waals surface area contributed by atoms with Gasteiger partial charge in [-0.05, 0) is 20.8 Å². The number of carbonyl (C=O) groups excluding carboxylic acids is 1. The van der Waals surface area contributed by atoms with E-state index in [2.05, 4.69) is 11.4 Å². The highest BCUT2D eigenvalue weighted by molar-refractivity contribution is 5.67. The van der Waals surface area contributed by atoms with Gasteiger partial charge in [0, 0.05) is 20.1 Å². The van der Waals surface area contributed by atoms with Gasteiger partial charge < -0.3 is 9.64 Å². The number of carbonyl (C=O) groups is 1. The van der Waals surface area contributed by atoms with Crippen LogP contribution in [0, 0.1) is 6.33 Å². The summed E-state index contributed by atoms with van der Waals surface area (Å²) in [5.41, 5.74) is -2.16. The summed E-state index contributed by atoms with van der Waals surface area (Å²) in [7, 11) is 1.54. The van der Waals surface area contributed by atoms with E-state index in [1.165, 1.54) is 4.90 Å². The lowest BCUT2D eigenvalue weighted by Gasteiger charge is -2.24. The second-order valence-electron chi connectivity index (χ2n) is 5.01. The Bertz CT molecular complexity index is 555. The fourth-order valence-electron chi connectivity index (χ4n) is 1.18. The number of aromatic nitrogens is 3. The fourth-order valence-corrected chi connectivity index (χ4v) is 1.18. The third-order valence-electron chi connectivity index (χ3n) is 2.13. The molecule has 0 unspecified atom stereocenters. The molecule has 0 aliphatic carbocycles. The predicted molar refractivity (Wildman–Crippen MR) is 66.8 cm³/mol. The van der Waals surface area contributed by atoms with Crippen LogP contribution in [0.15, 0.2) is 9.59 Å². The van der Waals surface area contributed by atoms with Crippen LogP contribution >= 0.6 is 0 Å². The SMILES string of the molecule is CN(CCn1[c]n[nH]c(=O)c1=O)C(=O)OC(C)(C)C. The Labute approximate surface area is 110 Å². The summed E-state index contributed by atoms with van der Waals surface area (Å²) in [5, 5.41) is 5.37. The number of likely N-dealkylation sites (N-methyl/N-ethyl adjacent to an activating group) is 1. The van der Waals surface area contributed by atoms with Gasteiger partial charge in [-0.3, -0.25) is 14.2 Å². The molecule has 0 atom stereocenters. The topological polar surface area (TPSA) is 97.3 Å². The van der Waals surface area contributed by atoms with E-state index in [0.717, 1.165) is 4.57 Å². The number of ether oxygens (including phenoxy) is 1. The van der Waals surface area contributed by atoms with Crippen LogP contribution in [0.2, 0.25) is 0 Å². The summed E-state index contributed by atoms with van der Waals surface area (Å²) in [4.78, 5) is 35.4. The third kappa shape index (κ3) is 4.57. The zero-order chi connectivity index (χ0) is 14.6. The van der Waals surface area contributed by atoms with Crippen molar-refractivity contribution in [2.45, 2.75) is 32.9 Å². The molecule has 0 aliphatic heterocycles. The molecule has 0 fully saturated rings. The number of aromatic amines is 1. The molecule has 1 radical (unpaired) electrons. The Morgan fingerprint density at radius 1 is 1.47 bits per heavy atom. The molecule has 0 saturated heterocycles. The highest BCUT2D eigenvalue weighted by Gasteiger charge is 2.19. The maximum atomic E-state index is 11.7. The van der Waals surface area contributed by atoms with Gasteiger partial charge in [-0.15, -0.1) is 0 Å². The van der Waals surface area contributed by atoms with Crippen molar-refractivity contribution >= 4 is 6.09 Å². The van der Waals surface area contributed by atoms with Crippen LogP contribution < -0.4 is 11.1 Å². The number of amides is 1. The van der Waals surface area contributed by atoms with Gasteiger partial charge in [0.1, 0.15) is 5.60 Å². The number of nitrogens with one attached hydrogen (secondary N) is 1. The minimum absolute atomic E-state index is 0.117. The molecule has 19 heavy (non-hydrogen) atoms. The van der Waals surface area contributed by atoms with Crippen LogP contribution in [0.4, 0.5) is 4.79 Å². The third-order valence-corrected chi connectivity index (χ3v) is 2.13. The summed E-state index contributed by atoms with van der Waals surface area (Å²) < 4.78 is 6.16. The van der Waals surface area contributed by atoms with Crippen LogP contribution in [-0.4, -0.2) is 45.0 Å². The van der Waals surface area contributed by atoms with Crippen molar-refractivity contribution in [3.05, 3.63) is 27.0 Å². The van der Waals surface area contributed by atoms with Crippen molar-refractivity contribution in [3.8, 4) is 0 Å². The van der Waals surface area contributed by atoms with Crippen molar-refractivity contribution in [3.63, 3.8) is 0 Å². The van der Waals surface area contributed by atoms with E-state index in [0.29, 0.717) is 0 Å². The quantitative estimate of drug-likeness (QED) is 0.753. The van der Waals surface area contributed by atoms with Crippen molar-refractivity contribution in [2.24, 2.45) is 0 Å². The lowest BCUT2D eigenvalue weighted by Crippen LogP contribution is -2.41. The predicted octanol–water partition coefficient (Wildman–Crippen LogP) is -0.401. The molecule has 1 heterocycles. The first-order valence-electron chi connectivity index (χ1n) is 5.72. The molecule has 0 aromatic carbocycles. The van der Waals surface area contributed by atoms with E-state index in [-0.39, 0.29) is 13.1 Å². The number of hydrogen-bond donors (Lipinski definition) is 1. The smallest absolute Gasteiger partial charge is 0.410 e. The first-order chi connectivity index (χ1) is 8.70. The lowest BCUT2D eigenvalue weighted by atomic mass is 10.2. The van der Waals surface area contributed by atoms with E-state index in [4.69, 9.17) is 4.74 Å². The summed E-state index contributed by atoms with van der Waals surface area (Å²) in [5.74, 6) is 0. The second kappa shape index (κ2) is 5.68. The van der Waals surface area contributed by atoms with Gasteiger partial charge in [0.2, 0.25) is 6.33 Å². The molecule has 0 bridgehead atoms. The highest BCUT2D eigenvalue weighted by Crippen LogP contribution is 2.08. The molecule has 1 amide bonds. The average molecular weight is 269 g/mol. The molecule has 105 valence electrons. The van der Waals surface area contributed by atoms with Gasteiger partial charge in [-0.25, -0.2) is 9.89 Å². The van der Waals surface area contributed by atoms with Crippen molar-refractivity contribution in [2.75, 3.05) is 13.6 Å². The molecule has 1 rings (SSSR count). The molecule has 1 N–H and O–H groups in total. The monoisotopic (exact) mass is 269 g/mol. The van der Waals surface area contributed by atoms with Crippen LogP contribution in [0.5, 0.6) is 0 Å². The van der Waals surface area contributed by atoms with E-state index in [1.807, 2.05) is 5.10 Å². The summed E-state index contributed by atoms with van der Waals surface area (Å²) in [6.07, 6.45) is 1.84. The molecule has 8 heteroatoms. The van der Waals surface area contributed by atoms with Crippen molar-refractivity contribution < 1.29 is 9.53 Å². The van der Waals surface area contributed by atoms with E-state index < -0.39 is 22.8 Å². The van der Waals surface area contributed by atoms with Gasteiger partial charge in [-0.1, -0.05) is 0 Å². The number of hydrogen-bond acceptors (Lipinski definition) is 5. The van der Waals surface area contributed by atoms with E-state index >= 15 is 0 Å². The van der Waals surface area contributed by atoms with Crippen molar-refractivity contribution in [1.82, 2.24) is 19.7 Å². The van der Waals surface area contributed by atoms with Gasteiger partial charge >= 0.3 is 17.2 Å². The molecule has 0 saturated carbocycles. The minimum Gasteiger partial charge on any atom is -0.444 e. The summed E-state index contributed by atoms with van der Waals surface area (Å²) >= 11 is 0. The van der Waals surface area contributed by atoms with E-state index in [1.54, 1.807) is 27.8 Å². The number of H-pyrrole nitrogens is 1. The number of rotatable bonds is 3. The van der Waals surface area contributed by atoms with E-state index in [9.17, 15) is 14.4 Å². The zero-order valence-electron chi connectivity index (χ0n) is 11.4. The molecule has 0 aliphatic rings. The first kappa shape index (κ1) is 14.9. The molecular weight excluding hydrogens is 252 g/mol. The average Bonchev–Trinajstić information content (AvgIpc) is 2.28. The largest absolute Gasteiger partial charge is 0.444 e. The molecule has 8 nitrogen and oxygen atoms in total. The minimum atomic E-state index is -0.821. The maximum Gasteiger partial charge on any atom is 0.410 e. The van der Waals surface area contributed by atoms with Crippen LogP contribution in [-0.2, 0) is 11.3 Å². The van der Waals surface area contributed by atoms with Gasteiger partial charge in [0.05, 0.1) is 0 Å². The molecule has 1 aromatic heterocycles. The lowest BCUT2D eigenvalue weighted by molar-refractivity contribution is 0.0293. The Hall–Kier alpha value is -2.12. The van der Waals surface area contributed by atoms with Crippen LogP contribution in [0.3, 0.4) is 0 Å². The van der Waals surface area contributed by atoms with Crippen LogP contribution in [0.1, 0.15) is 20.8 Å². The zero-order valence-corrected chi connectivity index (χ0v) is 11.4. The Morgan fingerprint density at radius 3 is 2.68 bits per heavy atom. The normalized spacial score (nSPS) is 11.2. The summed E-state index contributed by atoms with van der Waals surface area (Å²) in [6, 6.07) is 0. The maximum absolute atomic E-state index is 11.7. The highest BCUT2D eigenvalue weighted by atomic mass is 16.6.